The number of nitrogens with zero attached hydrogens (tertiary/aromatic N) is 5. The zero-order valence-corrected chi connectivity index (χ0v) is 15.9. The summed E-state index contributed by atoms with van der Waals surface area (Å²) in [7, 11) is 1.18. The van der Waals surface area contributed by atoms with Crippen LogP contribution in [0.1, 0.15) is 47.2 Å². The van der Waals surface area contributed by atoms with Crippen molar-refractivity contribution in [2.75, 3.05) is 0 Å². The van der Waals surface area contributed by atoms with Crippen molar-refractivity contribution >= 4 is 5.91 Å². The van der Waals surface area contributed by atoms with E-state index in [0.29, 0.717) is 6.07 Å². The quantitative estimate of drug-likeness (QED) is 0.597. The molecule has 0 saturated carbocycles. The molecule has 3 aromatic rings. The Bertz CT molecular complexity index is 1090. The normalized spacial score (nSPS) is 13.3. The number of carbonyl (C=O) groups is 1. The van der Waals surface area contributed by atoms with Gasteiger partial charge < -0.3 is 9.84 Å². The van der Waals surface area contributed by atoms with Gasteiger partial charge in [0.2, 0.25) is 11.7 Å². The lowest BCUT2D eigenvalue weighted by molar-refractivity contribution is -0.142. The average molecular weight is 448 g/mol. The van der Waals surface area contributed by atoms with Crippen LogP contribution in [0, 0.1) is 0 Å². The van der Waals surface area contributed by atoms with E-state index in [1.165, 1.54) is 13.1 Å². The highest BCUT2D eigenvalue weighted by Gasteiger charge is 2.36. The van der Waals surface area contributed by atoms with Crippen molar-refractivity contribution in [2.45, 2.75) is 31.7 Å². The first-order chi connectivity index (χ1) is 14.4. The minimum Gasteiger partial charge on any atom is -0.339 e. The van der Waals surface area contributed by atoms with E-state index < -0.39 is 35.7 Å². The number of carbonyl (C=O) groups excluding carboxylic acids is 1. The summed E-state index contributed by atoms with van der Waals surface area (Å²) in [4.78, 5) is 19.7. The number of aromatic nitrogens is 5. The van der Waals surface area contributed by atoms with Crippen molar-refractivity contribution in [1.82, 2.24) is 30.2 Å². The smallest absolute Gasteiger partial charge is 0.339 e. The highest BCUT2D eigenvalue weighted by molar-refractivity contribution is 5.92. The average Bonchev–Trinajstić information content (AvgIpc) is 3.32. The summed E-state index contributed by atoms with van der Waals surface area (Å²) in [6.07, 6.45) is -8.24. The maximum atomic E-state index is 12.8. The molecule has 31 heavy (non-hydrogen) atoms. The molecule has 0 aliphatic heterocycles. The molecular weight excluding hydrogens is 434 g/mol. The SMILES string of the molecule is CC[C@H](NC(=O)c1cc(C(F)(F)F)nn1C)c1nc(-c2ccnc(C(F)(F)F)c2)no1. The summed E-state index contributed by atoms with van der Waals surface area (Å²) < 4.78 is 82.7. The summed E-state index contributed by atoms with van der Waals surface area (Å²) in [6, 6.07) is 1.68. The number of aryl methyl sites for hydroxylation is 1. The molecule has 0 aromatic carbocycles. The lowest BCUT2D eigenvalue weighted by Gasteiger charge is -2.12. The second-order valence-corrected chi connectivity index (χ2v) is 6.35. The maximum Gasteiger partial charge on any atom is 0.435 e. The molecule has 166 valence electrons. The van der Waals surface area contributed by atoms with Crippen molar-refractivity contribution in [2.24, 2.45) is 7.05 Å². The highest BCUT2D eigenvalue weighted by Crippen LogP contribution is 2.31. The Kier molecular flexibility index (Phi) is 5.74. The van der Waals surface area contributed by atoms with Crippen LogP contribution in [0.5, 0.6) is 0 Å². The molecule has 3 rings (SSSR count). The minimum absolute atomic E-state index is 0.0139. The first-order valence-electron chi connectivity index (χ1n) is 8.69. The Hall–Kier alpha value is -3.45. The molecule has 3 heterocycles. The van der Waals surface area contributed by atoms with Gasteiger partial charge in [0.05, 0.1) is 0 Å². The topological polar surface area (TPSA) is 98.7 Å². The Labute approximate surface area is 170 Å². The lowest BCUT2D eigenvalue weighted by atomic mass is 10.2. The molecular formula is C17H14F6N6O2. The molecule has 0 spiro atoms. The summed E-state index contributed by atoms with van der Waals surface area (Å²) in [6.45, 7) is 1.63. The molecule has 0 unspecified atom stereocenters. The summed E-state index contributed by atoms with van der Waals surface area (Å²) in [5.41, 5.74) is -2.74. The van der Waals surface area contributed by atoms with E-state index in [1.807, 2.05) is 0 Å². The van der Waals surface area contributed by atoms with Crippen molar-refractivity contribution in [3.63, 3.8) is 0 Å². The van der Waals surface area contributed by atoms with Crippen molar-refractivity contribution < 1.29 is 35.7 Å². The van der Waals surface area contributed by atoms with Gasteiger partial charge in [-0.3, -0.25) is 14.5 Å². The molecule has 3 aromatic heterocycles. The summed E-state index contributed by atoms with van der Waals surface area (Å²) >= 11 is 0. The van der Waals surface area contributed by atoms with Gasteiger partial charge in [0, 0.05) is 24.9 Å². The molecule has 0 saturated heterocycles. The molecule has 1 atom stereocenters. The van der Waals surface area contributed by atoms with Crippen molar-refractivity contribution in [1.29, 1.82) is 0 Å². The third-order valence-electron chi connectivity index (χ3n) is 4.16. The summed E-state index contributed by atoms with van der Waals surface area (Å²) in [5.74, 6) is -1.18. The highest BCUT2D eigenvalue weighted by atomic mass is 19.4. The predicted molar refractivity (Wildman–Crippen MR) is 91.2 cm³/mol. The van der Waals surface area contributed by atoms with Crippen LogP contribution in [0.15, 0.2) is 28.9 Å². The van der Waals surface area contributed by atoms with Crippen LogP contribution < -0.4 is 5.32 Å². The minimum atomic E-state index is -4.72. The van der Waals surface area contributed by atoms with Crippen LogP contribution in [-0.4, -0.2) is 30.8 Å². The van der Waals surface area contributed by atoms with E-state index in [-0.39, 0.29) is 29.4 Å². The van der Waals surface area contributed by atoms with Crippen molar-refractivity contribution in [3.8, 4) is 11.4 Å². The predicted octanol–water partition coefficient (Wildman–Crippen LogP) is 3.78. The van der Waals surface area contributed by atoms with Crippen LogP contribution in [0.25, 0.3) is 11.4 Å². The van der Waals surface area contributed by atoms with Crippen LogP contribution >= 0.6 is 0 Å². The molecule has 8 nitrogen and oxygen atoms in total. The van der Waals surface area contributed by atoms with Crippen LogP contribution in [-0.2, 0) is 19.4 Å². The molecule has 14 heteroatoms. The first kappa shape index (κ1) is 22.2. The largest absolute Gasteiger partial charge is 0.435 e. The Morgan fingerprint density at radius 2 is 1.84 bits per heavy atom. The van der Waals surface area contributed by atoms with Gasteiger partial charge in [-0.05, 0) is 18.6 Å². The standard InChI is InChI=1S/C17H14F6N6O2/c1-3-9(25-14(30)10-7-12(17(21,22)23)27-29(10)2)15-26-13(28-31-15)8-4-5-24-11(6-8)16(18,19)20/h4-7,9H,3H2,1-2H3,(H,25,30)/t9-/m0/s1. The third-order valence-corrected chi connectivity index (χ3v) is 4.16. The zero-order valence-electron chi connectivity index (χ0n) is 15.9. The molecule has 1 N–H and O–H groups in total. The van der Waals surface area contributed by atoms with Crippen molar-refractivity contribution in [3.05, 3.63) is 47.4 Å². The van der Waals surface area contributed by atoms with E-state index >= 15 is 0 Å². The van der Waals surface area contributed by atoms with Crippen LogP contribution in [0.4, 0.5) is 26.3 Å². The Morgan fingerprint density at radius 3 is 2.42 bits per heavy atom. The van der Waals surface area contributed by atoms with Gasteiger partial charge in [0.15, 0.2) is 5.69 Å². The van der Waals surface area contributed by atoms with E-state index in [4.69, 9.17) is 4.52 Å². The summed E-state index contributed by atoms with van der Waals surface area (Å²) in [5, 5.41) is 9.33. The van der Waals surface area contributed by atoms with Gasteiger partial charge in [-0.25, -0.2) is 0 Å². The van der Waals surface area contributed by atoms with E-state index in [2.05, 4.69) is 25.5 Å². The zero-order chi connectivity index (χ0) is 23.0. The molecule has 0 fully saturated rings. The second-order valence-electron chi connectivity index (χ2n) is 6.35. The number of hydrogen-bond donors (Lipinski definition) is 1. The fraction of sp³-hybridized carbons (Fsp3) is 0.353. The molecule has 0 bridgehead atoms. The number of pyridine rings is 1. The second kappa shape index (κ2) is 8.00. The van der Waals surface area contributed by atoms with Gasteiger partial charge in [0.1, 0.15) is 17.4 Å². The Balaban J connectivity index is 1.81. The van der Waals surface area contributed by atoms with E-state index in [0.717, 1.165) is 16.9 Å². The maximum absolute atomic E-state index is 12.8. The fourth-order valence-corrected chi connectivity index (χ4v) is 2.61. The van der Waals surface area contributed by atoms with Crippen LogP contribution in [0.3, 0.4) is 0 Å². The monoisotopic (exact) mass is 448 g/mol. The van der Waals surface area contributed by atoms with E-state index in [1.54, 1.807) is 6.92 Å². The fourth-order valence-electron chi connectivity index (χ4n) is 2.61. The van der Waals surface area contributed by atoms with Gasteiger partial charge in [-0.15, -0.1) is 0 Å². The number of hydrogen-bond acceptors (Lipinski definition) is 6. The Morgan fingerprint density at radius 1 is 1.16 bits per heavy atom. The molecule has 0 radical (unpaired) electrons. The number of amides is 1. The van der Waals surface area contributed by atoms with Gasteiger partial charge in [0.25, 0.3) is 5.91 Å². The molecule has 1 amide bonds. The number of nitrogens with one attached hydrogen (secondary N) is 1. The molecule has 0 aliphatic carbocycles. The number of alkyl halides is 6. The lowest BCUT2D eigenvalue weighted by Crippen LogP contribution is -2.30. The number of halogens is 6. The van der Waals surface area contributed by atoms with E-state index in [9.17, 15) is 31.1 Å². The third kappa shape index (κ3) is 4.83. The van der Waals surface area contributed by atoms with Crippen LogP contribution in [0.2, 0.25) is 0 Å². The van der Waals surface area contributed by atoms with Gasteiger partial charge >= 0.3 is 12.4 Å². The number of rotatable bonds is 5. The molecule has 0 aliphatic rings. The van der Waals surface area contributed by atoms with Gasteiger partial charge in [-0.1, -0.05) is 12.1 Å². The van der Waals surface area contributed by atoms with Gasteiger partial charge in [-0.2, -0.15) is 36.4 Å². The first-order valence-corrected chi connectivity index (χ1v) is 8.69.